The lowest BCUT2D eigenvalue weighted by Gasteiger charge is -2.37. The number of furan rings is 1. The average molecular weight is 421 g/mol. The van der Waals surface area contributed by atoms with Crippen LogP contribution in [-0.2, 0) is 16.1 Å². The van der Waals surface area contributed by atoms with Gasteiger partial charge in [0.15, 0.2) is 0 Å². The van der Waals surface area contributed by atoms with E-state index in [1.807, 2.05) is 4.90 Å². The molecular weight excluding hydrogens is 394 g/mol. The fourth-order valence-electron chi connectivity index (χ4n) is 4.07. The summed E-state index contributed by atoms with van der Waals surface area (Å²) in [6, 6.07) is 13.3. The summed E-state index contributed by atoms with van der Waals surface area (Å²) in [7, 11) is 1.33. The summed E-state index contributed by atoms with van der Waals surface area (Å²) in [6.07, 6.45) is 1.57. The highest BCUT2D eigenvalue weighted by Gasteiger charge is 2.25. The first-order valence-electron chi connectivity index (χ1n) is 10.4. The third kappa shape index (κ3) is 4.08. The number of esters is 1. The summed E-state index contributed by atoms with van der Waals surface area (Å²) in [4.78, 5) is 29.5. The van der Waals surface area contributed by atoms with Crippen molar-refractivity contribution in [3.05, 3.63) is 65.5 Å². The largest absolute Gasteiger partial charge is 0.464 e. The van der Waals surface area contributed by atoms with Crippen molar-refractivity contribution in [3.63, 3.8) is 0 Å². The molecule has 1 aliphatic heterocycles. The first-order chi connectivity index (χ1) is 15.0. The van der Waals surface area contributed by atoms with Gasteiger partial charge in [-0.05, 0) is 55.3 Å². The van der Waals surface area contributed by atoms with Crippen LogP contribution in [0, 0.1) is 13.8 Å². The Kier molecular flexibility index (Phi) is 5.84. The molecule has 0 saturated carbocycles. The van der Waals surface area contributed by atoms with E-state index in [-0.39, 0.29) is 12.5 Å². The fraction of sp³-hybridized carbons (Fsp3) is 0.333. The monoisotopic (exact) mass is 421 g/mol. The predicted molar refractivity (Wildman–Crippen MR) is 118 cm³/mol. The summed E-state index contributed by atoms with van der Waals surface area (Å²) in [5.74, 6) is 0.0859. The quantitative estimate of drug-likeness (QED) is 0.590. The highest BCUT2D eigenvalue weighted by molar-refractivity contribution is 5.90. The molecule has 162 valence electrons. The van der Waals surface area contributed by atoms with E-state index in [4.69, 9.17) is 9.15 Å². The van der Waals surface area contributed by atoms with E-state index >= 15 is 0 Å². The molecule has 1 aromatic carbocycles. The number of aryl methyl sites for hydroxylation is 1. The van der Waals surface area contributed by atoms with Gasteiger partial charge in [0.05, 0.1) is 19.1 Å². The van der Waals surface area contributed by atoms with Crippen molar-refractivity contribution >= 4 is 17.6 Å². The number of methoxy groups -OCH3 is 1. The average Bonchev–Trinajstić information content (AvgIpc) is 3.45. The number of rotatable bonds is 5. The molecule has 0 N–H and O–H groups in total. The SMILES string of the molecule is COC(=O)c1ccc(-c2ccco2)n1CC(=O)N1CCN(c2cccc(C)c2C)CC1. The Labute approximate surface area is 181 Å². The topological polar surface area (TPSA) is 67.9 Å². The van der Waals surface area contributed by atoms with E-state index in [0.717, 1.165) is 13.1 Å². The Morgan fingerprint density at radius 2 is 1.77 bits per heavy atom. The number of carbonyl (C=O) groups is 2. The molecule has 1 aliphatic rings. The van der Waals surface area contributed by atoms with Gasteiger partial charge in [-0.3, -0.25) is 4.79 Å². The molecule has 0 radical (unpaired) electrons. The Morgan fingerprint density at radius 1 is 1.00 bits per heavy atom. The van der Waals surface area contributed by atoms with Crippen molar-refractivity contribution in [2.75, 3.05) is 38.2 Å². The zero-order chi connectivity index (χ0) is 22.0. The second kappa shape index (κ2) is 8.71. The Hall–Kier alpha value is -3.48. The van der Waals surface area contributed by atoms with Crippen LogP contribution in [0.4, 0.5) is 5.69 Å². The molecule has 0 spiro atoms. The molecule has 3 heterocycles. The Morgan fingerprint density at radius 3 is 2.45 bits per heavy atom. The Bertz CT molecular complexity index is 1080. The summed E-state index contributed by atoms with van der Waals surface area (Å²) in [6.45, 7) is 7.13. The van der Waals surface area contributed by atoms with Crippen molar-refractivity contribution in [2.45, 2.75) is 20.4 Å². The zero-order valence-corrected chi connectivity index (χ0v) is 18.1. The van der Waals surface area contributed by atoms with Crippen molar-refractivity contribution in [1.82, 2.24) is 9.47 Å². The zero-order valence-electron chi connectivity index (χ0n) is 18.1. The second-order valence-corrected chi connectivity index (χ2v) is 7.75. The first-order valence-corrected chi connectivity index (χ1v) is 10.4. The van der Waals surface area contributed by atoms with Crippen molar-refractivity contribution in [2.24, 2.45) is 0 Å². The van der Waals surface area contributed by atoms with E-state index in [1.165, 1.54) is 23.9 Å². The maximum absolute atomic E-state index is 13.1. The normalized spacial score (nSPS) is 14.0. The molecule has 1 saturated heterocycles. The summed E-state index contributed by atoms with van der Waals surface area (Å²) in [5.41, 5.74) is 4.78. The molecule has 0 bridgehead atoms. The summed E-state index contributed by atoms with van der Waals surface area (Å²) >= 11 is 0. The van der Waals surface area contributed by atoms with E-state index in [9.17, 15) is 9.59 Å². The van der Waals surface area contributed by atoms with Crippen molar-refractivity contribution in [3.8, 4) is 11.5 Å². The smallest absolute Gasteiger partial charge is 0.354 e. The molecule has 0 aliphatic carbocycles. The molecule has 7 nitrogen and oxygen atoms in total. The molecule has 3 aromatic rings. The summed E-state index contributed by atoms with van der Waals surface area (Å²) < 4.78 is 12.1. The van der Waals surface area contributed by atoms with Crippen LogP contribution in [0.2, 0.25) is 0 Å². The van der Waals surface area contributed by atoms with Crippen molar-refractivity contribution in [1.29, 1.82) is 0 Å². The van der Waals surface area contributed by atoms with Gasteiger partial charge in [0.2, 0.25) is 5.91 Å². The molecule has 0 unspecified atom stereocenters. The lowest BCUT2D eigenvalue weighted by atomic mass is 10.1. The van der Waals surface area contributed by atoms with Crippen LogP contribution in [0.15, 0.2) is 53.1 Å². The Balaban J connectivity index is 1.49. The van der Waals surface area contributed by atoms with Crippen LogP contribution in [0.1, 0.15) is 21.6 Å². The molecule has 2 aromatic heterocycles. The maximum Gasteiger partial charge on any atom is 0.354 e. The van der Waals surface area contributed by atoms with Gasteiger partial charge in [-0.25, -0.2) is 4.79 Å². The number of hydrogen-bond acceptors (Lipinski definition) is 5. The van der Waals surface area contributed by atoms with E-state index in [2.05, 4.69) is 36.9 Å². The van der Waals surface area contributed by atoms with Crippen molar-refractivity contribution < 1.29 is 18.7 Å². The fourth-order valence-corrected chi connectivity index (χ4v) is 4.07. The van der Waals surface area contributed by atoms with Gasteiger partial charge in [0, 0.05) is 31.9 Å². The van der Waals surface area contributed by atoms with E-state index in [0.29, 0.717) is 30.2 Å². The summed E-state index contributed by atoms with van der Waals surface area (Å²) in [5, 5.41) is 0. The number of benzene rings is 1. The highest BCUT2D eigenvalue weighted by Crippen LogP contribution is 2.26. The van der Waals surface area contributed by atoms with Crippen LogP contribution >= 0.6 is 0 Å². The number of ether oxygens (including phenoxy) is 1. The van der Waals surface area contributed by atoms with Gasteiger partial charge in [0.1, 0.15) is 18.0 Å². The van der Waals surface area contributed by atoms with Gasteiger partial charge < -0.3 is 23.5 Å². The first kappa shape index (κ1) is 20.8. The lowest BCUT2D eigenvalue weighted by Crippen LogP contribution is -2.50. The van der Waals surface area contributed by atoms with Crippen LogP contribution in [0.5, 0.6) is 0 Å². The minimum absolute atomic E-state index is 0.0326. The molecule has 31 heavy (non-hydrogen) atoms. The number of aromatic nitrogens is 1. The molecule has 1 fully saturated rings. The predicted octanol–water partition coefficient (Wildman–Crippen LogP) is 3.50. The van der Waals surface area contributed by atoms with Gasteiger partial charge in [0.25, 0.3) is 0 Å². The van der Waals surface area contributed by atoms with Gasteiger partial charge in [-0.1, -0.05) is 12.1 Å². The minimum atomic E-state index is -0.481. The second-order valence-electron chi connectivity index (χ2n) is 7.75. The number of piperazine rings is 1. The van der Waals surface area contributed by atoms with Crippen LogP contribution in [0.3, 0.4) is 0 Å². The van der Waals surface area contributed by atoms with Gasteiger partial charge >= 0.3 is 5.97 Å². The maximum atomic E-state index is 13.1. The van der Waals surface area contributed by atoms with E-state index in [1.54, 1.807) is 35.1 Å². The van der Waals surface area contributed by atoms with Crippen LogP contribution in [0.25, 0.3) is 11.5 Å². The van der Waals surface area contributed by atoms with E-state index < -0.39 is 5.97 Å². The number of amides is 1. The minimum Gasteiger partial charge on any atom is -0.464 e. The number of anilines is 1. The highest BCUT2D eigenvalue weighted by atomic mass is 16.5. The third-order valence-corrected chi connectivity index (χ3v) is 5.99. The van der Waals surface area contributed by atoms with Crippen LogP contribution in [-0.4, -0.2) is 54.6 Å². The molecular formula is C24H27N3O4. The molecule has 7 heteroatoms. The molecule has 0 atom stereocenters. The lowest BCUT2D eigenvalue weighted by molar-refractivity contribution is -0.132. The molecule has 1 amide bonds. The number of carbonyl (C=O) groups excluding carboxylic acids is 2. The third-order valence-electron chi connectivity index (χ3n) is 5.99. The van der Waals surface area contributed by atoms with Gasteiger partial charge in [-0.15, -0.1) is 0 Å². The van der Waals surface area contributed by atoms with Gasteiger partial charge in [-0.2, -0.15) is 0 Å². The molecule has 4 rings (SSSR count). The van der Waals surface area contributed by atoms with Crippen LogP contribution < -0.4 is 4.90 Å². The number of hydrogen-bond donors (Lipinski definition) is 0. The number of nitrogens with zero attached hydrogens (tertiary/aromatic N) is 3. The standard InChI is InChI=1S/C24H27N3O4/c1-17-6-4-7-19(18(17)2)25-11-13-26(14-12-25)23(28)16-27-20(22-8-5-15-31-22)9-10-21(27)24(29)30-3/h4-10,15H,11-14,16H2,1-3H3.